The van der Waals surface area contributed by atoms with Crippen molar-refractivity contribution >= 4 is 29.3 Å². The van der Waals surface area contributed by atoms with Crippen molar-refractivity contribution in [3.8, 4) is 22.8 Å². The fourth-order valence-electron chi connectivity index (χ4n) is 3.65. The molecule has 5 rings (SSSR count). The molecule has 8 heteroatoms. The second-order valence-electron chi connectivity index (χ2n) is 8.01. The second-order valence-corrected chi connectivity index (χ2v) is 9.36. The zero-order chi connectivity index (χ0) is 23.5. The molecule has 3 aromatic carbocycles. The van der Waals surface area contributed by atoms with Gasteiger partial charge in [0.15, 0.2) is 11.0 Å². The highest BCUT2D eigenvalue weighted by Crippen LogP contribution is 2.34. The zero-order valence-electron chi connectivity index (χ0n) is 18.6. The standard InChI is InChI=1S/C26H23ClN4O2S/c1-33-20-14-12-19(13-15-20)31-24(22-8-4-5-9-23(22)27)29-30-26(31)34-16-17-6-2-3-7-21(17)25(32)28-18-10-11-18/h2-9,12-15,18H,10-11,16H2,1H3,(H,28,32). The lowest BCUT2D eigenvalue weighted by molar-refractivity contribution is 0.0950. The first-order valence-electron chi connectivity index (χ1n) is 11.0. The van der Waals surface area contributed by atoms with Crippen molar-refractivity contribution in [2.45, 2.75) is 29.8 Å². The van der Waals surface area contributed by atoms with E-state index in [4.69, 9.17) is 16.3 Å². The maximum Gasteiger partial charge on any atom is 0.251 e. The summed E-state index contributed by atoms with van der Waals surface area (Å²) < 4.78 is 7.30. The van der Waals surface area contributed by atoms with Gasteiger partial charge in [0.25, 0.3) is 5.91 Å². The number of amides is 1. The first kappa shape index (κ1) is 22.5. The van der Waals surface area contributed by atoms with Crippen molar-refractivity contribution in [1.82, 2.24) is 20.1 Å². The number of ether oxygens (including phenoxy) is 1. The number of benzene rings is 3. The van der Waals surface area contributed by atoms with E-state index in [9.17, 15) is 4.79 Å². The van der Waals surface area contributed by atoms with E-state index in [-0.39, 0.29) is 5.91 Å². The van der Waals surface area contributed by atoms with Gasteiger partial charge in [-0.25, -0.2) is 0 Å². The van der Waals surface area contributed by atoms with Gasteiger partial charge in [0.05, 0.1) is 12.1 Å². The van der Waals surface area contributed by atoms with Crippen molar-refractivity contribution in [3.05, 3.63) is 88.9 Å². The fourth-order valence-corrected chi connectivity index (χ4v) is 4.82. The second kappa shape index (κ2) is 9.91. The minimum absolute atomic E-state index is 0.0212. The molecule has 1 N–H and O–H groups in total. The number of halogens is 1. The van der Waals surface area contributed by atoms with Crippen molar-refractivity contribution in [1.29, 1.82) is 0 Å². The van der Waals surface area contributed by atoms with E-state index in [1.807, 2.05) is 77.4 Å². The van der Waals surface area contributed by atoms with Gasteiger partial charge >= 0.3 is 0 Å². The number of rotatable bonds is 8. The van der Waals surface area contributed by atoms with Gasteiger partial charge in [0.2, 0.25) is 0 Å². The Balaban J connectivity index is 1.49. The van der Waals surface area contributed by atoms with Crippen LogP contribution >= 0.6 is 23.4 Å². The van der Waals surface area contributed by atoms with Crippen LogP contribution in [-0.2, 0) is 5.75 Å². The molecule has 0 unspecified atom stereocenters. The first-order chi connectivity index (χ1) is 16.6. The van der Waals surface area contributed by atoms with Crippen LogP contribution in [0.25, 0.3) is 17.1 Å². The Kier molecular flexibility index (Phi) is 6.56. The molecule has 172 valence electrons. The summed E-state index contributed by atoms with van der Waals surface area (Å²) in [6.07, 6.45) is 2.11. The van der Waals surface area contributed by atoms with Crippen molar-refractivity contribution < 1.29 is 9.53 Å². The summed E-state index contributed by atoms with van der Waals surface area (Å²) in [6, 6.07) is 23.3. The largest absolute Gasteiger partial charge is 0.497 e. The molecular weight excluding hydrogens is 468 g/mol. The van der Waals surface area contributed by atoms with Gasteiger partial charge in [-0.05, 0) is 60.9 Å². The van der Waals surface area contributed by atoms with Crippen LogP contribution in [-0.4, -0.2) is 33.8 Å². The van der Waals surface area contributed by atoms with Gasteiger partial charge < -0.3 is 10.1 Å². The van der Waals surface area contributed by atoms with Crippen LogP contribution in [0.1, 0.15) is 28.8 Å². The monoisotopic (exact) mass is 490 g/mol. The zero-order valence-corrected chi connectivity index (χ0v) is 20.1. The van der Waals surface area contributed by atoms with E-state index in [1.165, 1.54) is 11.8 Å². The van der Waals surface area contributed by atoms with E-state index in [2.05, 4.69) is 15.5 Å². The Hall–Kier alpha value is -3.29. The lowest BCUT2D eigenvalue weighted by atomic mass is 10.1. The van der Waals surface area contributed by atoms with E-state index in [0.717, 1.165) is 35.4 Å². The average Bonchev–Trinajstić information content (AvgIpc) is 3.59. The predicted molar refractivity (Wildman–Crippen MR) is 135 cm³/mol. The number of nitrogens with zero attached hydrogens (tertiary/aromatic N) is 3. The molecule has 1 aromatic heterocycles. The number of aromatic nitrogens is 3. The highest BCUT2D eigenvalue weighted by Gasteiger charge is 2.25. The lowest BCUT2D eigenvalue weighted by Crippen LogP contribution is -2.26. The molecule has 1 saturated carbocycles. The molecule has 0 atom stereocenters. The predicted octanol–water partition coefficient (Wildman–Crippen LogP) is 5.78. The van der Waals surface area contributed by atoms with Gasteiger partial charge in [0, 0.05) is 28.6 Å². The highest BCUT2D eigenvalue weighted by atomic mass is 35.5. The van der Waals surface area contributed by atoms with Crippen molar-refractivity contribution in [2.24, 2.45) is 0 Å². The van der Waals surface area contributed by atoms with E-state index in [1.54, 1.807) is 7.11 Å². The molecule has 1 fully saturated rings. The summed E-state index contributed by atoms with van der Waals surface area (Å²) >= 11 is 8.03. The minimum atomic E-state index is -0.0212. The molecule has 1 heterocycles. The Morgan fingerprint density at radius 2 is 1.79 bits per heavy atom. The third-order valence-electron chi connectivity index (χ3n) is 5.61. The molecule has 6 nitrogen and oxygen atoms in total. The van der Waals surface area contributed by atoms with E-state index < -0.39 is 0 Å². The molecule has 1 aliphatic rings. The molecule has 0 bridgehead atoms. The maximum atomic E-state index is 12.7. The minimum Gasteiger partial charge on any atom is -0.497 e. The Bertz CT molecular complexity index is 1320. The Morgan fingerprint density at radius 3 is 2.53 bits per heavy atom. The Labute approximate surface area is 207 Å². The van der Waals surface area contributed by atoms with Crippen LogP contribution in [0.4, 0.5) is 0 Å². The van der Waals surface area contributed by atoms with Crippen LogP contribution in [0.15, 0.2) is 78.0 Å². The molecule has 4 aromatic rings. The Morgan fingerprint density at radius 1 is 1.06 bits per heavy atom. The molecular formula is C26H23ClN4O2S. The third-order valence-corrected chi connectivity index (χ3v) is 6.92. The number of carbonyl (C=O) groups excluding carboxylic acids is 1. The van der Waals surface area contributed by atoms with Gasteiger partial charge in [-0.15, -0.1) is 10.2 Å². The van der Waals surface area contributed by atoms with Crippen LogP contribution in [0.3, 0.4) is 0 Å². The van der Waals surface area contributed by atoms with Gasteiger partial charge in [-0.3, -0.25) is 9.36 Å². The number of carbonyl (C=O) groups is 1. The molecule has 1 aliphatic carbocycles. The quantitative estimate of drug-likeness (QED) is 0.317. The summed E-state index contributed by atoms with van der Waals surface area (Å²) in [7, 11) is 1.64. The first-order valence-corrected chi connectivity index (χ1v) is 12.4. The molecule has 1 amide bonds. The number of hydrogen-bond donors (Lipinski definition) is 1. The topological polar surface area (TPSA) is 69.0 Å². The maximum absolute atomic E-state index is 12.7. The number of thioether (sulfide) groups is 1. The summed E-state index contributed by atoms with van der Waals surface area (Å²) in [4.78, 5) is 12.7. The van der Waals surface area contributed by atoms with E-state index in [0.29, 0.717) is 33.4 Å². The summed E-state index contributed by atoms with van der Waals surface area (Å²) in [5, 5.41) is 13.4. The third kappa shape index (κ3) is 4.81. The molecule has 0 saturated heterocycles. The SMILES string of the molecule is COc1ccc(-n2c(SCc3ccccc3C(=O)NC3CC3)nnc2-c2ccccc2Cl)cc1. The van der Waals surface area contributed by atoms with Crippen LogP contribution < -0.4 is 10.1 Å². The fraction of sp³-hybridized carbons (Fsp3) is 0.192. The molecule has 0 aliphatic heterocycles. The number of hydrogen-bond acceptors (Lipinski definition) is 5. The summed E-state index contributed by atoms with van der Waals surface area (Å²) in [5.41, 5.74) is 3.34. The summed E-state index contributed by atoms with van der Waals surface area (Å²) in [6.45, 7) is 0. The normalized spacial score (nSPS) is 13.0. The molecule has 0 spiro atoms. The lowest BCUT2D eigenvalue weighted by Gasteiger charge is -2.13. The highest BCUT2D eigenvalue weighted by molar-refractivity contribution is 7.98. The van der Waals surface area contributed by atoms with Gasteiger partial charge in [-0.1, -0.05) is 53.7 Å². The number of methoxy groups -OCH3 is 1. The molecule has 0 radical (unpaired) electrons. The molecule has 34 heavy (non-hydrogen) atoms. The number of nitrogens with one attached hydrogen (secondary N) is 1. The van der Waals surface area contributed by atoms with Gasteiger partial charge in [0.1, 0.15) is 5.75 Å². The van der Waals surface area contributed by atoms with Crippen LogP contribution in [0.5, 0.6) is 5.75 Å². The van der Waals surface area contributed by atoms with Crippen molar-refractivity contribution in [2.75, 3.05) is 7.11 Å². The average molecular weight is 491 g/mol. The van der Waals surface area contributed by atoms with Gasteiger partial charge in [-0.2, -0.15) is 0 Å². The summed E-state index contributed by atoms with van der Waals surface area (Å²) in [5.74, 6) is 1.97. The van der Waals surface area contributed by atoms with Crippen LogP contribution in [0, 0.1) is 0 Å². The smallest absolute Gasteiger partial charge is 0.251 e. The van der Waals surface area contributed by atoms with E-state index >= 15 is 0 Å². The van der Waals surface area contributed by atoms with Crippen LogP contribution in [0.2, 0.25) is 5.02 Å². The van der Waals surface area contributed by atoms with Crippen molar-refractivity contribution in [3.63, 3.8) is 0 Å².